The quantitative estimate of drug-likeness (QED) is 0.799. The van der Waals surface area contributed by atoms with Crippen LogP contribution in [-0.4, -0.2) is 33.1 Å². The van der Waals surface area contributed by atoms with Gasteiger partial charge in [-0.25, -0.2) is 0 Å². The molecule has 1 fully saturated rings. The summed E-state index contributed by atoms with van der Waals surface area (Å²) in [6.07, 6.45) is 2.51. The topological polar surface area (TPSA) is 85.4 Å². The lowest BCUT2D eigenvalue weighted by molar-refractivity contribution is -0.122. The van der Waals surface area contributed by atoms with Crippen LogP contribution < -0.4 is 5.73 Å². The molecule has 3 rings (SSSR count). The van der Waals surface area contributed by atoms with Crippen LogP contribution in [0.5, 0.6) is 0 Å². The molecule has 2 heterocycles. The lowest BCUT2D eigenvalue weighted by Gasteiger charge is -2.10. The Balaban J connectivity index is 1.96. The smallest absolute Gasteiger partial charge is 0.293 e. The van der Waals surface area contributed by atoms with Gasteiger partial charge in [-0.1, -0.05) is 6.92 Å². The molecule has 0 saturated carbocycles. The first-order chi connectivity index (χ1) is 12.8. The second-order valence-electron chi connectivity index (χ2n) is 6.41. The van der Waals surface area contributed by atoms with Crippen LogP contribution in [0.3, 0.4) is 0 Å². The van der Waals surface area contributed by atoms with Crippen molar-refractivity contribution in [3.63, 3.8) is 0 Å². The second-order valence-corrected chi connectivity index (χ2v) is 7.40. The highest BCUT2D eigenvalue weighted by Crippen LogP contribution is 2.33. The van der Waals surface area contributed by atoms with E-state index in [1.807, 2.05) is 43.5 Å². The summed E-state index contributed by atoms with van der Waals surface area (Å²) in [7, 11) is 0. The fourth-order valence-corrected chi connectivity index (χ4v) is 4.02. The molecule has 0 bridgehead atoms. The van der Waals surface area contributed by atoms with Crippen molar-refractivity contribution < 1.29 is 14.4 Å². The Kier molecular flexibility index (Phi) is 5.23. The summed E-state index contributed by atoms with van der Waals surface area (Å²) in [5.41, 5.74) is 9.46. The third-order valence-corrected chi connectivity index (χ3v) is 5.40. The minimum absolute atomic E-state index is 0.219. The Labute approximate surface area is 162 Å². The van der Waals surface area contributed by atoms with Crippen molar-refractivity contribution in [3.05, 3.63) is 57.8 Å². The molecule has 0 aliphatic carbocycles. The highest BCUT2D eigenvalue weighted by Gasteiger charge is 2.34. The zero-order valence-corrected chi connectivity index (χ0v) is 16.3. The molecule has 1 saturated heterocycles. The van der Waals surface area contributed by atoms with Crippen LogP contribution in [0.2, 0.25) is 0 Å². The molecule has 27 heavy (non-hydrogen) atoms. The number of carbonyl (C=O) groups excluding carboxylic acids is 3. The Morgan fingerprint density at radius 2 is 1.85 bits per heavy atom. The van der Waals surface area contributed by atoms with E-state index in [4.69, 9.17) is 5.73 Å². The number of nitrogens with two attached hydrogens (primary N) is 1. The van der Waals surface area contributed by atoms with Gasteiger partial charge in [-0.3, -0.25) is 19.3 Å². The number of primary amides is 1. The number of hydrogen-bond acceptors (Lipinski definition) is 4. The van der Waals surface area contributed by atoms with Gasteiger partial charge in [-0.05, 0) is 74.0 Å². The average Bonchev–Trinajstić information content (AvgIpc) is 3.05. The van der Waals surface area contributed by atoms with E-state index in [-0.39, 0.29) is 11.1 Å². The zero-order chi connectivity index (χ0) is 19.7. The van der Waals surface area contributed by atoms with Crippen molar-refractivity contribution in [2.45, 2.75) is 27.2 Å². The number of hydrogen-bond donors (Lipinski definition) is 1. The maximum absolute atomic E-state index is 12.4. The monoisotopic (exact) mass is 383 g/mol. The molecule has 0 atom stereocenters. The summed E-state index contributed by atoms with van der Waals surface area (Å²) in [6.45, 7) is 6.30. The number of aromatic nitrogens is 1. The van der Waals surface area contributed by atoms with Gasteiger partial charge < -0.3 is 10.3 Å². The summed E-state index contributed by atoms with van der Waals surface area (Å²) < 4.78 is 2.03. The molecule has 1 aliphatic heterocycles. The van der Waals surface area contributed by atoms with Crippen LogP contribution in [0.25, 0.3) is 11.8 Å². The van der Waals surface area contributed by atoms with E-state index in [1.165, 1.54) is 4.90 Å². The Morgan fingerprint density at radius 3 is 2.44 bits per heavy atom. The molecule has 2 N–H and O–H groups in total. The van der Waals surface area contributed by atoms with Gasteiger partial charge >= 0.3 is 0 Å². The van der Waals surface area contributed by atoms with E-state index in [0.717, 1.165) is 40.8 Å². The van der Waals surface area contributed by atoms with Crippen molar-refractivity contribution >= 4 is 34.9 Å². The number of thioether (sulfide) groups is 1. The molecule has 0 unspecified atom stereocenters. The van der Waals surface area contributed by atoms with E-state index >= 15 is 0 Å². The Bertz CT molecular complexity index is 958. The first-order valence-corrected chi connectivity index (χ1v) is 9.49. The van der Waals surface area contributed by atoms with Gasteiger partial charge in [-0.2, -0.15) is 0 Å². The van der Waals surface area contributed by atoms with Crippen molar-refractivity contribution in [1.29, 1.82) is 0 Å². The molecule has 140 valence electrons. The molecule has 3 amide bonds. The second kappa shape index (κ2) is 7.44. The van der Waals surface area contributed by atoms with Crippen LogP contribution in [0.1, 0.15) is 40.7 Å². The number of amides is 3. The molecule has 7 heteroatoms. The molecular formula is C20H21N3O3S. The molecular weight excluding hydrogens is 362 g/mol. The van der Waals surface area contributed by atoms with Gasteiger partial charge in [0.2, 0.25) is 5.91 Å². The SMILES string of the molecule is CCCN1C(=O)S/C(=C/c2cc(C)n(-c3ccc(C(N)=O)cc3)c2C)C1=O. The highest BCUT2D eigenvalue weighted by atomic mass is 32.2. The first kappa shape index (κ1) is 19.0. The summed E-state index contributed by atoms with van der Waals surface area (Å²) in [4.78, 5) is 37.5. The molecule has 2 aromatic rings. The largest absolute Gasteiger partial charge is 0.366 e. The van der Waals surface area contributed by atoms with E-state index in [2.05, 4.69) is 0 Å². The summed E-state index contributed by atoms with van der Waals surface area (Å²) in [5.74, 6) is -0.701. The van der Waals surface area contributed by atoms with E-state index in [1.54, 1.807) is 18.2 Å². The summed E-state index contributed by atoms with van der Waals surface area (Å²) >= 11 is 0.979. The molecule has 0 spiro atoms. The molecule has 1 aliphatic rings. The minimum atomic E-state index is -0.467. The lowest BCUT2D eigenvalue weighted by Crippen LogP contribution is -2.28. The van der Waals surface area contributed by atoms with E-state index in [9.17, 15) is 14.4 Å². The van der Waals surface area contributed by atoms with Crippen LogP contribution >= 0.6 is 11.8 Å². The summed E-state index contributed by atoms with van der Waals surface area (Å²) in [5, 5.41) is -0.219. The molecule has 1 aromatic carbocycles. The Morgan fingerprint density at radius 1 is 1.19 bits per heavy atom. The third-order valence-electron chi connectivity index (χ3n) is 4.49. The third kappa shape index (κ3) is 3.55. The maximum Gasteiger partial charge on any atom is 0.293 e. The van der Waals surface area contributed by atoms with E-state index in [0.29, 0.717) is 17.0 Å². The standard InChI is InChI=1S/C20H21N3O3S/c1-4-9-22-19(25)17(27-20(22)26)11-15-10-12(2)23(13(15)3)16-7-5-14(6-8-16)18(21)24/h5-8,10-11H,4,9H2,1-3H3,(H2,21,24)/b17-11+. The lowest BCUT2D eigenvalue weighted by atomic mass is 10.2. The van der Waals surface area contributed by atoms with Gasteiger partial charge in [0.15, 0.2) is 0 Å². The van der Waals surface area contributed by atoms with Crippen LogP contribution in [0.15, 0.2) is 35.2 Å². The normalized spacial score (nSPS) is 15.8. The van der Waals surface area contributed by atoms with Gasteiger partial charge in [-0.15, -0.1) is 0 Å². The van der Waals surface area contributed by atoms with Gasteiger partial charge in [0.1, 0.15) is 0 Å². The number of imide groups is 1. The first-order valence-electron chi connectivity index (χ1n) is 8.68. The molecule has 6 nitrogen and oxygen atoms in total. The fraction of sp³-hybridized carbons (Fsp3) is 0.250. The number of aryl methyl sites for hydroxylation is 1. The molecule has 1 aromatic heterocycles. The van der Waals surface area contributed by atoms with Crippen LogP contribution in [0, 0.1) is 13.8 Å². The highest BCUT2D eigenvalue weighted by molar-refractivity contribution is 8.18. The number of benzene rings is 1. The fourth-order valence-electron chi connectivity index (χ4n) is 3.16. The van der Waals surface area contributed by atoms with Crippen molar-refractivity contribution in [2.24, 2.45) is 5.73 Å². The predicted molar refractivity (Wildman–Crippen MR) is 107 cm³/mol. The predicted octanol–water partition coefficient (Wildman–Crippen LogP) is 3.64. The van der Waals surface area contributed by atoms with E-state index < -0.39 is 5.91 Å². The minimum Gasteiger partial charge on any atom is -0.366 e. The summed E-state index contributed by atoms with van der Waals surface area (Å²) in [6, 6.07) is 9.02. The number of rotatable bonds is 5. The maximum atomic E-state index is 12.4. The average molecular weight is 383 g/mol. The van der Waals surface area contributed by atoms with Crippen molar-refractivity contribution in [1.82, 2.24) is 9.47 Å². The van der Waals surface area contributed by atoms with Crippen molar-refractivity contribution in [2.75, 3.05) is 6.54 Å². The van der Waals surface area contributed by atoms with Gasteiger partial charge in [0.25, 0.3) is 11.1 Å². The molecule has 0 radical (unpaired) electrons. The number of carbonyl (C=O) groups is 3. The number of nitrogens with zero attached hydrogens (tertiary/aromatic N) is 2. The Hall–Kier alpha value is -2.80. The van der Waals surface area contributed by atoms with Gasteiger partial charge in [0, 0.05) is 29.2 Å². The van der Waals surface area contributed by atoms with Gasteiger partial charge in [0.05, 0.1) is 4.91 Å². The van der Waals surface area contributed by atoms with Crippen molar-refractivity contribution in [3.8, 4) is 5.69 Å². The van der Waals surface area contributed by atoms with Crippen LogP contribution in [-0.2, 0) is 4.79 Å². The zero-order valence-electron chi connectivity index (χ0n) is 15.5. The van der Waals surface area contributed by atoms with Crippen LogP contribution in [0.4, 0.5) is 4.79 Å².